The molecule has 0 N–H and O–H groups in total. The number of allylic oxidation sites excluding steroid dienone is 1. The molecule has 32 heavy (non-hydrogen) atoms. The minimum absolute atomic E-state index is 0.0517. The molecule has 0 radical (unpaired) electrons. The van der Waals surface area contributed by atoms with Gasteiger partial charge in [0.15, 0.2) is 11.4 Å². The highest BCUT2D eigenvalue weighted by molar-refractivity contribution is 8.00. The predicted molar refractivity (Wildman–Crippen MR) is 128 cm³/mol. The molecule has 0 bridgehead atoms. The number of aromatic nitrogens is 5. The molecule has 0 fully saturated rings. The monoisotopic (exact) mass is 455 g/mol. The molecule has 0 aliphatic heterocycles. The van der Waals surface area contributed by atoms with Gasteiger partial charge >= 0.3 is 5.69 Å². The number of carbonyl (C=O) groups is 1. The van der Waals surface area contributed by atoms with Crippen LogP contribution in [0.5, 0.6) is 0 Å². The minimum atomic E-state index is -0.470. The third-order valence-corrected chi connectivity index (χ3v) is 6.44. The highest BCUT2D eigenvalue weighted by Gasteiger charge is 2.24. The Bertz CT molecular complexity index is 1360. The van der Waals surface area contributed by atoms with Gasteiger partial charge < -0.3 is 4.57 Å². The van der Waals surface area contributed by atoms with Crippen LogP contribution >= 0.6 is 11.8 Å². The van der Waals surface area contributed by atoms with Crippen molar-refractivity contribution in [3.8, 4) is 0 Å². The molecule has 3 rings (SSSR count). The van der Waals surface area contributed by atoms with Crippen LogP contribution in [0.25, 0.3) is 11.0 Å². The molecule has 3 heterocycles. The van der Waals surface area contributed by atoms with Gasteiger partial charge in [-0.15, -0.1) is 6.58 Å². The number of rotatable bonds is 6. The lowest BCUT2D eigenvalue weighted by Gasteiger charge is -2.19. The van der Waals surface area contributed by atoms with E-state index in [2.05, 4.69) is 16.5 Å². The largest absolute Gasteiger partial charge is 0.345 e. The van der Waals surface area contributed by atoms with E-state index < -0.39 is 16.7 Å². The van der Waals surface area contributed by atoms with Crippen LogP contribution in [0, 0.1) is 13.8 Å². The van der Waals surface area contributed by atoms with E-state index in [9.17, 15) is 14.4 Å². The van der Waals surface area contributed by atoms with Crippen LogP contribution in [0.2, 0.25) is 0 Å². The Morgan fingerprint density at radius 1 is 1.16 bits per heavy atom. The van der Waals surface area contributed by atoms with Crippen LogP contribution in [-0.4, -0.2) is 35.2 Å². The zero-order chi connectivity index (χ0) is 24.0. The number of thioether (sulfide) groups is 1. The number of carbonyl (C=O) groups excluding carboxylic acids is 1. The second-order valence-electron chi connectivity index (χ2n) is 8.90. The molecule has 0 spiro atoms. The maximum atomic E-state index is 13.1. The second kappa shape index (κ2) is 8.54. The summed E-state index contributed by atoms with van der Waals surface area (Å²) >= 11 is 1.20. The van der Waals surface area contributed by atoms with Crippen molar-refractivity contribution in [2.45, 2.75) is 51.6 Å². The number of hydrogen-bond donors (Lipinski definition) is 0. The molecular formula is C23H29N5O3S. The Kier molecular flexibility index (Phi) is 6.33. The van der Waals surface area contributed by atoms with Crippen LogP contribution in [0.15, 0.2) is 33.3 Å². The van der Waals surface area contributed by atoms with E-state index in [-0.39, 0.29) is 22.6 Å². The topological polar surface area (TPSA) is 91.8 Å². The summed E-state index contributed by atoms with van der Waals surface area (Å²) in [6.07, 6.45) is 1.80. The lowest BCUT2D eigenvalue weighted by Crippen LogP contribution is -2.38. The fourth-order valence-electron chi connectivity index (χ4n) is 3.57. The molecule has 8 nitrogen and oxygen atoms in total. The van der Waals surface area contributed by atoms with Gasteiger partial charge in [0, 0.05) is 43.0 Å². The third kappa shape index (κ3) is 4.09. The molecule has 0 aromatic carbocycles. The summed E-state index contributed by atoms with van der Waals surface area (Å²) in [4.78, 5) is 47.6. The van der Waals surface area contributed by atoms with Crippen LogP contribution in [-0.2, 0) is 26.1 Å². The van der Waals surface area contributed by atoms with Gasteiger partial charge in [-0.1, -0.05) is 38.6 Å². The van der Waals surface area contributed by atoms with Gasteiger partial charge in [0.1, 0.15) is 16.2 Å². The van der Waals surface area contributed by atoms with E-state index in [1.165, 1.54) is 23.4 Å². The van der Waals surface area contributed by atoms with Gasteiger partial charge in [-0.2, -0.15) is 0 Å². The lowest BCUT2D eigenvalue weighted by molar-refractivity contribution is 0.102. The van der Waals surface area contributed by atoms with Crippen molar-refractivity contribution in [3.05, 3.63) is 62.3 Å². The Hall–Kier alpha value is -2.94. The SMILES string of the molecule is C=CCn1c(C)cc(C(=O)CSc2nc(C(C)(C)C)nc3c2c(=O)n(C)c(=O)n3C)c1C. The van der Waals surface area contributed by atoms with Crippen LogP contribution in [0.3, 0.4) is 0 Å². The zero-order valence-corrected chi connectivity index (χ0v) is 20.5. The second-order valence-corrected chi connectivity index (χ2v) is 9.87. The molecule has 9 heteroatoms. The number of nitrogens with zero attached hydrogens (tertiary/aromatic N) is 5. The fourth-order valence-corrected chi connectivity index (χ4v) is 4.47. The predicted octanol–water partition coefficient (Wildman–Crippen LogP) is 2.90. The number of ketones is 1. The Labute approximate surface area is 191 Å². The molecule has 170 valence electrons. The molecule has 0 unspecified atom stereocenters. The van der Waals surface area contributed by atoms with E-state index >= 15 is 0 Å². The van der Waals surface area contributed by atoms with Gasteiger partial charge in [-0.3, -0.25) is 18.7 Å². The highest BCUT2D eigenvalue weighted by atomic mass is 32.2. The van der Waals surface area contributed by atoms with E-state index in [0.29, 0.717) is 23.0 Å². The third-order valence-electron chi connectivity index (χ3n) is 5.46. The first kappa shape index (κ1) is 23.7. The van der Waals surface area contributed by atoms with E-state index in [4.69, 9.17) is 0 Å². The first-order valence-corrected chi connectivity index (χ1v) is 11.3. The molecule has 3 aromatic heterocycles. The first-order chi connectivity index (χ1) is 14.9. The van der Waals surface area contributed by atoms with E-state index in [1.807, 2.05) is 45.3 Å². The van der Waals surface area contributed by atoms with Gasteiger partial charge in [0.05, 0.1) is 5.75 Å². The summed E-state index contributed by atoms with van der Waals surface area (Å²) in [7, 11) is 3.01. The lowest BCUT2D eigenvalue weighted by atomic mass is 9.96. The van der Waals surface area contributed by atoms with Crippen LogP contribution < -0.4 is 11.2 Å². The minimum Gasteiger partial charge on any atom is -0.345 e. The first-order valence-electron chi connectivity index (χ1n) is 10.3. The highest BCUT2D eigenvalue weighted by Crippen LogP contribution is 2.28. The molecule has 0 aliphatic rings. The number of fused-ring (bicyclic) bond motifs is 1. The summed E-state index contributed by atoms with van der Waals surface area (Å²) in [5, 5.41) is 0.655. The van der Waals surface area contributed by atoms with E-state index in [1.54, 1.807) is 13.1 Å². The molecule has 0 saturated carbocycles. The molecular weight excluding hydrogens is 426 g/mol. The van der Waals surface area contributed by atoms with Crippen molar-refractivity contribution < 1.29 is 4.79 Å². The Morgan fingerprint density at radius 3 is 2.41 bits per heavy atom. The van der Waals surface area contributed by atoms with Gasteiger partial charge in [0.25, 0.3) is 5.56 Å². The average molecular weight is 456 g/mol. The van der Waals surface area contributed by atoms with Crippen molar-refractivity contribution in [3.63, 3.8) is 0 Å². The zero-order valence-electron chi connectivity index (χ0n) is 19.6. The maximum absolute atomic E-state index is 13.1. The van der Waals surface area contributed by atoms with Gasteiger partial charge in [-0.25, -0.2) is 14.8 Å². The molecule has 0 aliphatic carbocycles. The number of Topliss-reactive ketones (excluding diaryl/α,β-unsaturated/α-hetero) is 1. The normalized spacial score (nSPS) is 11.8. The number of aryl methyl sites for hydroxylation is 2. The average Bonchev–Trinajstić information content (AvgIpc) is 3.01. The molecule has 0 saturated heterocycles. The maximum Gasteiger partial charge on any atom is 0.332 e. The van der Waals surface area contributed by atoms with Gasteiger partial charge in [-0.05, 0) is 19.9 Å². The quantitative estimate of drug-likeness (QED) is 0.246. The van der Waals surface area contributed by atoms with Crippen molar-refractivity contribution in [1.29, 1.82) is 0 Å². The molecule has 3 aromatic rings. The van der Waals surface area contributed by atoms with Crippen LogP contribution in [0.1, 0.15) is 48.3 Å². The summed E-state index contributed by atoms with van der Waals surface area (Å²) < 4.78 is 4.42. The van der Waals surface area contributed by atoms with Crippen molar-refractivity contribution >= 4 is 28.6 Å². The van der Waals surface area contributed by atoms with Gasteiger partial charge in [0.2, 0.25) is 0 Å². The Morgan fingerprint density at radius 2 is 1.81 bits per heavy atom. The summed E-state index contributed by atoms with van der Waals surface area (Å²) in [6, 6.07) is 1.88. The standard InChI is InChI=1S/C23H29N5O3S/c1-9-10-28-13(2)11-15(14(28)3)16(29)12-32-19-17-18(24-21(25-19)23(4,5)6)26(7)22(31)27(8)20(17)30/h9,11H,1,10,12H2,2-8H3. The summed E-state index contributed by atoms with van der Waals surface area (Å²) in [5.41, 5.74) is 1.46. The summed E-state index contributed by atoms with van der Waals surface area (Å²) in [5.74, 6) is 0.566. The van der Waals surface area contributed by atoms with Crippen molar-refractivity contribution in [1.82, 2.24) is 23.7 Å². The molecule has 0 atom stereocenters. The molecule has 0 amide bonds. The fraction of sp³-hybridized carbons (Fsp3) is 0.435. The van der Waals surface area contributed by atoms with E-state index in [0.717, 1.165) is 16.0 Å². The van der Waals surface area contributed by atoms with Crippen molar-refractivity contribution in [2.24, 2.45) is 14.1 Å². The smallest absolute Gasteiger partial charge is 0.332 e. The Balaban J connectivity index is 2.10. The number of hydrogen-bond acceptors (Lipinski definition) is 6. The summed E-state index contributed by atoms with van der Waals surface area (Å²) in [6.45, 7) is 14.2. The van der Waals surface area contributed by atoms with Crippen LogP contribution in [0.4, 0.5) is 0 Å². The van der Waals surface area contributed by atoms with Crippen molar-refractivity contribution in [2.75, 3.05) is 5.75 Å².